The molecule has 1 saturated heterocycles. The van der Waals surface area contributed by atoms with Crippen molar-refractivity contribution in [2.24, 2.45) is 0 Å². The Morgan fingerprint density at radius 3 is 2.94 bits per heavy atom. The van der Waals surface area contributed by atoms with E-state index in [0.29, 0.717) is 5.02 Å². The quantitative estimate of drug-likeness (QED) is 0.863. The lowest BCUT2D eigenvalue weighted by Gasteiger charge is -2.26. The Morgan fingerprint density at radius 2 is 2.31 bits per heavy atom. The summed E-state index contributed by atoms with van der Waals surface area (Å²) < 4.78 is 13.0. The summed E-state index contributed by atoms with van der Waals surface area (Å²) in [7, 11) is 0. The first kappa shape index (κ1) is 11.8. The molecule has 0 aliphatic carbocycles. The fraction of sp³-hybridized carbons (Fsp3) is 0.500. The molecule has 0 amide bonds. The molecule has 4 heteroatoms. The van der Waals surface area contributed by atoms with Crippen molar-refractivity contribution in [3.63, 3.8) is 0 Å². The van der Waals surface area contributed by atoms with Crippen molar-refractivity contribution in [1.82, 2.24) is 4.90 Å². The number of aliphatic hydroxyl groups is 1. The van der Waals surface area contributed by atoms with Gasteiger partial charge in [0.1, 0.15) is 5.82 Å². The van der Waals surface area contributed by atoms with Gasteiger partial charge < -0.3 is 5.11 Å². The minimum absolute atomic E-state index is 0.0990. The summed E-state index contributed by atoms with van der Waals surface area (Å²) in [6.45, 7) is 3.76. The highest BCUT2D eigenvalue weighted by atomic mass is 35.5. The van der Waals surface area contributed by atoms with Gasteiger partial charge in [-0.15, -0.1) is 0 Å². The van der Waals surface area contributed by atoms with Crippen LogP contribution < -0.4 is 0 Å². The molecule has 0 saturated carbocycles. The maximum absolute atomic E-state index is 13.0. The van der Waals surface area contributed by atoms with Gasteiger partial charge in [0.15, 0.2) is 0 Å². The van der Waals surface area contributed by atoms with Crippen LogP contribution in [0.25, 0.3) is 0 Å². The lowest BCUT2D eigenvalue weighted by Crippen LogP contribution is -2.27. The van der Waals surface area contributed by atoms with Crippen LogP contribution in [0.15, 0.2) is 18.2 Å². The number of benzene rings is 1. The predicted octanol–water partition coefficient (Wildman–Crippen LogP) is 2.61. The second-order valence-electron chi connectivity index (χ2n) is 4.10. The highest BCUT2D eigenvalue weighted by Crippen LogP contribution is 2.35. The molecule has 0 radical (unpaired) electrons. The molecule has 1 N–H and O–H groups in total. The Balaban J connectivity index is 2.34. The van der Waals surface area contributed by atoms with Crippen LogP contribution in [0.4, 0.5) is 4.39 Å². The zero-order valence-corrected chi connectivity index (χ0v) is 9.91. The van der Waals surface area contributed by atoms with Gasteiger partial charge in [-0.25, -0.2) is 4.39 Å². The SMILES string of the molecule is CCN1CCC(O)C1c1ccc(F)cc1Cl. The largest absolute Gasteiger partial charge is 0.391 e. The second kappa shape index (κ2) is 4.70. The average molecular weight is 244 g/mol. The maximum atomic E-state index is 13.0. The number of nitrogens with zero attached hydrogens (tertiary/aromatic N) is 1. The van der Waals surface area contributed by atoms with Gasteiger partial charge in [0.2, 0.25) is 0 Å². The third kappa shape index (κ3) is 2.08. The fourth-order valence-electron chi connectivity index (χ4n) is 2.34. The zero-order valence-electron chi connectivity index (χ0n) is 9.16. The smallest absolute Gasteiger partial charge is 0.124 e. The zero-order chi connectivity index (χ0) is 11.7. The molecule has 88 valence electrons. The Labute approximate surface area is 99.6 Å². The second-order valence-corrected chi connectivity index (χ2v) is 4.50. The van der Waals surface area contributed by atoms with E-state index in [4.69, 9.17) is 11.6 Å². The van der Waals surface area contributed by atoms with E-state index in [1.807, 2.05) is 6.92 Å². The van der Waals surface area contributed by atoms with E-state index in [-0.39, 0.29) is 11.9 Å². The van der Waals surface area contributed by atoms with Crippen molar-refractivity contribution in [1.29, 1.82) is 0 Å². The first-order valence-corrected chi connectivity index (χ1v) is 5.88. The van der Waals surface area contributed by atoms with Gasteiger partial charge in [-0.3, -0.25) is 4.90 Å². The van der Waals surface area contributed by atoms with E-state index in [1.54, 1.807) is 6.07 Å². The molecule has 2 rings (SSSR count). The molecule has 2 unspecified atom stereocenters. The first-order chi connectivity index (χ1) is 7.63. The molecule has 2 nitrogen and oxygen atoms in total. The van der Waals surface area contributed by atoms with Crippen molar-refractivity contribution >= 4 is 11.6 Å². The van der Waals surface area contributed by atoms with Crippen LogP contribution in [-0.4, -0.2) is 29.2 Å². The number of hydrogen-bond donors (Lipinski definition) is 1. The van der Waals surface area contributed by atoms with Crippen molar-refractivity contribution in [3.05, 3.63) is 34.6 Å². The van der Waals surface area contributed by atoms with E-state index < -0.39 is 6.10 Å². The summed E-state index contributed by atoms with van der Waals surface area (Å²) in [4.78, 5) is 2.16. The first-order valence-electron chi connectivity index (χ1n) is 5.50. The molecule has 0 bridgehead atoms. The highest BCUT2D eigenvalue weighted by molar-refractivity contribution is 6.31. The van der Waals surface area contributed by atoms with Gasteiger partial charge in [-0.05, 0) is 30.7 Å². The fourth-order valence-corrected chi connectivity index (χ4v) is 2.62. The Morgan fingerprint density at radius 1 is 1.56 bits per heavy atom. The molecular weight excluding hydrogens is 229 g/mol. The summed E-state index contributed by atoms with van der Waals surface area (Å²) >= 11 is 6.02. The number of halogens is 2. The molecular formula is C12H15ClFNO. The van der Waals surface area contributed by atoms with Crippen LogP contribution in [0.1, 0.15) is 24.9 Å². The highest BCUT2D eigenvalue weighted by Gasteiger charge is 2.34. The summed E-state index contributed by atoms with van der Waals surface area (Å²) in [6.07, 6.45) is 0.328. The Hall–Kier alpha value is -0.640. The minimum Gasteiger partial charge on any atom is -0.391 e. The Bertz CT molecular complexity index is 385. The molecule has 0 spiro atoms. The topological polar surface area (TPSA) is 23.5 Å². The number of aliphatic hydroxyl groups excluding tert-OH is 1. The van der Waals surface area contributed by atoms with E-state index in [9.17, 15) is 9.50 Å². The van der Waals surface area contributed by atoms with Gasteiger partial charge >= 0.3 is 0 Å². The van der Waals surface area contributed by atoms with E-state index >= 15 is 0 Å². The van der Waals surface area contributed by atoms with Crippen LogP contribution in [0.5, 0.6) is 0 Å². The summed E-state index contributed by atoms with van der Waals surface area (Å²) in [6, 6.07) is 4.26. The van der Waals surface area contributed by atoms with E-state index in [1.165, 1.54) is 12.1 Å². The van der Waals surface area contributed by atoms with Crippen LogP contribution in [-0.2, 0) is 0 Å². The van der Waals surface area contributed by atoms with E-state index in [0.717, 1.165) is 25.1 Å². The molecule has 1 aromatic rings. The third-order valence-electron chi connectivity index (χ3n) is 3.16. The lowest BCUT2D eigenvalue weighted by molar-refractivity contribution is 0.119. The van der Waals surface area contributed by atoms with Crippen LogP contribution in [0, 0.1) is 5.82 Å². The van der Waals surface area contributed by atoms with Crippen molar-refractivity contribution in [3.8, 4) is 0 Å². The molecule has 1 aliphatic heterocycles. The molecule has 2 atom stereocenters. The summed E-state index contributed by atoms with van der Waals surface area (Å²) in [5.41, 5.74) is 0.815. The van der Waals surface area contributed by atoms with Crippen LogP contribution in [0.2, 0.25) is 5.02 Å². The molecule has 16 heavy (non-hydrogen) atoms. The van der Waals surface area contributed by atoms with Crippen molar-refractivity contribution < 1.29 is 9.50 Å². The van der Waals surface area contributed by atoms with Gasteiger partial charge in [-0.1, -0.05) is 24.6 Å². The molecule has 1 heterocycles. The van der Waals surface area contributed by atoms with Gasteiger partial charge in [-0.2, -0.15) is 0 Å². The normalized spacial score (nSPS) is 26.2. The number of hydrogen-bond acceptors (Lipinski definition) is 2. The van der Waals surface area contributed by atoms with Gasteiger partial charge in [0.25, 0.3) is 0 Å². The average Bonchev–Trinajstić information content (AvgIpc) is 2.60. The standard InChI is InChI=1S/C12H15ClFNO/c1-2-15-6-5-11(16)12(15)9-4-3-8(14)7-10(9)13/h3-4,7,11-12,16H,2,5-6H2,1H3. The number of likely N-dealkylation sites (tertiary alicyclic amines) is 1. The van der Waals surface area contributed by atoms with Crippen molar-refractivity contribution in [2.45, 2.75) is 25.5 Å². The van der Waals surface area contributed by atoms with Crippen molar-refractivity contribution in [2.75, 3.05) is 13.1 Å². The Kier molecular flexibility index (Phi) is 3.47. The molecule has 1 aromatic carbocycles. The van der Waals surface area contributed by atoms with Crippen LogP contribution >= 0.6 is 11.6 Å². The molecule has 1 fully saturated rings. The number of rotatable bonds is 2. The maximum Gasteiger partial charge on any atom is 0.124 e. The monoisotopic (exact) mass is 243 g/mol. The van der Waals surface area contributed by atoms with Gasteiger partial charge in [0.05, 0.1) is 12.1 Å². The lowest BCUT2D eigenvalue weighted by atomic mass is 10.0. The summed E-state index contributed by atoms with van der Waals surface area (Å²) in [5, 5.41) is 10.3. The summed E-state index contributed by atoms with van der Waals surface area (Å²) in [5.74, 6) is -0.343. The number of likely N-dealkylation sites (N-methyl/N-ethyl adjacent to an activating group) is 1. The van der Waals surface area contributed by atoms with E-state index in [2.05, 4.69) is 4.90 Å². The molecule has 0 aromatic heterocycles. The minimum atomic E-state index is -0.414. The predicted molar refractivity (Wildman–Crippen MR) is 62.0 cm³/mol. The molecule has 1 aliphatic rings. The third-order valence-corrected chi connectivity index (χ3v) is 3.48. The van der Waals surface area contributed by atoms with Gasteiger partial charge in [0, 0.05) is 11.6 Å². The van der Waals surface area contributed by atoms with Crippen LogP contribution in [0.3, 0.4) is 0 Å².